The van der Waals surface area contributed by atoms with Crippen molar-refractivity contribution in [2.45, 2.75) is 6.54 Å². The second kappa shape index (κ2) is 2.15. The quantitative estimate of drug-likeness (QED) is 0.615. The van der Waals surface area contributed by atoms with E-state index < -0.39 is 0 Å². The Bertz CT molecular complexity index is 174. The van der Waals surface area contributed by atoms with Crippen LogP contribution in [0, 0.1) is 0 Å². The standard InChI is InChI=1S/C4H5ClN2O/c5-3-2-7-8-4(3)1-6/h2H,1,6H2. The maximum absolute atomic E-state index is 5.50. The van der Waals surface area contributed by atoms with Gasteiger partial charge in [0.1, 0.15) is 5.02 Å². The van der Waals surface area contributed by atoms with E-state index in [0.29, 0.717) is 17.3 Å². The van der Waals surface area contributed by atoms with E-state index in [9.17, 15) is 0 Å². The van der Waals surface area contributed by atoms with Crippen molar-refractivity contribution >= 4 is 11.6 Å². The SMILES string of the molecule is NCc1oncc1Cl. The molecule has 8 heavy (non-hydrogen) atoms. The van der Waals surface area contributed by atoms with Crippen molar-refractivity contribution < 1.29 is 4.52 Å². The van der Waals surface area contributed by atoms with E-state index in [1.54, 1.807) is 0 Å². The molecule has 3 nitrogen and oxygen atoms in total. The monoisotopic (exact) mass is 132 g/mol. The van der Waals surface area contributed by atoms with Gasteiger partial charge in [-0.15, -0.1) is 0 Å². The van der Waals surface area contributed by atoms with E-state index in [2.05, 4.69) is 9.68 Å². The molecule has 0 amide bonds. The van der Waals surface area contributed by atoms with Crippen LogP contribution in [0.2, 0.25) is 5.02 Å². The Kier molecular flexibility index (Phi) is 1.50. The summed E-state index contributed by atoms with van der Waals surface area (Å²) in [4.78, 5) is 0. The Labute approximate surface area is 51.4 Å². The zero-order valence-electron chi connectivity index (χ0n) is 4.10. The first kappa shape index (κ1) is 5.59. The van der Waals surface area contributed by atoms with Crippen LogP contribution in [0.25, 0.3) is 0 Å². The lowest BCUT2D eigenvalue weighted by molar-refractivity contribution is 0.385. The highest BCUT2D eigenvalue weighted by molar-refractivity contribution is 6.31. The van der Waals surface area contributed by atoms with E-state index in [-0.39, 0.29) is 0 Å². The summed E-state index contributed by atoms with van der Waals surface area (Å²) in [5, 5.41) is 3.90. The Hall–Kier alpha value is -0.540. The fraction of sp³-hybridized carbons (Fsp3) is 0.250. The summed E-state index contributed by atoms with van der Waals surface area (Å²) in [6, 6.07) is 0. The number of hydrogen-bond donors (Lipinski definition) is 1. The molecule has 4 heteroatoms. The van der Waals surface area contributed by atoms with Crippen LogP contribution in [-0.4, -0.2) is 5.16 Å². The topological polar surface area (TPSA) is 52.0 Å². The third kappa shape index (κ3) is 0.827. The first-order valence-corrected chi connectivity index (χ1v) is 2.51. The first-order valence-electron chi connectivity index (χ1n) is 2.13. The lowest BCUT2D eigenvalue weighted by atomic mass is 10.5. The molecule has 0 aliphatic carbocycles. The zero-order chi connectivity index (χ0) is 5.98. The smallest absolute Gasteiger partial charge is 0.168 e. The third-order valence-electron chi connectivity index (χ3n) is 0.781. The van der Waals surface area contributed by atoms with Crippen molar-refractivity contribution in [1.29, 1.82) is 0 Å². The number of nitrogens with two attached hydrogens (primary N) is 1. The number of halogens is 1. The van der Waals surface area contributed by atoms with Gasteiger partial charge in [0.25, 0.3) is 0 Å². The lowest BCUT2D eigenvalue weighted by Crippen LogP contribution is -1.93. The minimum atomic E-state index is 0.304. The van der Waals surface area contributed by atoms with Gasteiger partial charge in [-0.05, 0) is 0 Å². The molecule has 0 aromatic carbocycles. The zero-order valence-corrected chi connectivity index (χ0v) is 4.85. The van der Waals surface area contributed by atoms with Crippen molar-refractivity contribution in [3.63, 3.8) is 0 Å². The highest BCUT2D eigenvalue weighted by Crippen LogP contribution is 2.12. The molecular formula is C4H5ClN2O. The van der Waals surface area contributed by atoms with Crippen molar-refractivity contribution in [2.75, 3.05) is 0 Å². The predicted octanol–water partition coefficient (Wildman–Crippen LogP) is 0.787. The molecule has 0 bridgehead atoms. The summed E-state index contributed by atoms with van der Waals surface area (Å²) in [5.74, 6) is 0.534. The number of rotatable bonds is 1. The van der Waals surface area contributed by atoms with Crippen LogP contribution in [-0.2, 0) is 6.54 Å². The minimum absolute atomic E-state index is 0.304. The Balaban J connectivity index is 2.92. The number of hydrogen-bond acceptors (Lipinski definition) is 3. The van der Waals surface area contributed by atoms with E-state index in [4.69, 9.17) is 17.3 Å². The van der Waals surface area contributed by atoms with E-state index in [0.717, 1.165) is 0 Å². The maximum Gasteiger partial charge on any atom is 0.168 e. The largest absolute Gasteiger partial charge is 0.358 e. The molecule has 0 unspecified atom stereocenters. The van der Waals surface area contributed by atoms with Crippen molar-refractivity contribution in [3.8, 4) is 0 Å². The molecule has 0 fully saturated rings. The summed E-state index contributed by atoms with van der Waals surface area (Å²) in [6.07, 6.45) is 1.42. The number of aromatic nitrogens is 1. The summed E-state index contributed by atoms with van der Waals surface area (Å²) in [7, 11) is 0. The van der Waals surface area contributed by atoms with Gasteiger partial charge in [0.05, 0.1) is 12.7 Å². The minimum Gasteiger partial charge on any atom is -0.358 e. The van der Waals surface area contributed by atoms with Gasteiger partial charge in [-0.3, -0.25) is 0 Å². The average molecular weight is 133 g/mol. The molecule has 1 rings (SSSR count). The lowest BCUT2D eigenvalue weighted by Gasteiger charge is -1.82. The van der Waals surface area contributed by atoms with Crippen LogP contribution in [0.5, 0.6) is 0 Å². The number of nitrogens with zero attached hydrogens (tertiary/aromatic N) is 1. The third-order valence-corrected chi connectivity index (χ3v) is 1.09. The van der Waals surface area contributed by atoms with Gasteiger partial charge in [-0.25, -0.2) is 0 Å². The van der Waals surface area contributed by atoms with Crippen molar-refractivity contribution in [2.24, 2.45) is 5.73 Å². The van der Waals surface area contributed by atoms with Gasteiger partial charge in [-0.2, -0.15) is 0 Å². The average Bonchev–Trinajstić information content (AvgIpc) is 2.14. The van der Waals surface area contributed by atoms with Gasteiger partial charge in [0, 0.05) is 0 Å². The van der Waals surface area contributed by atoms with Crippen LogP contribution < -0.4 is 5.73 Å². The molecule has 0 aliphatic heterocycles. The molecule has 0 radical (unpaired) electrons. The molecule has 0 aliphatic rings. The highest BCUT2D eigenvalue weighted by atomic mass is 35.5. The Morgan fingerprint density at radius 1 is 1.88 bits per heavy atom. The summed E-state index contributed by atoms with van der Waals surface area (Å²) in [6.45, 7) is 0.304. The van der Waals surface area contributed by atoms with Crippen LogP contribution in [0.4, 0.5) is 0 Å². The molecule has 0 spiro atoms. The van der Waals surface area contributed by atoms with E-state index in [1.165, 1.54) is 6.20 Å². The van der Waals surface area contributed by atoms with Gasteiger partial charge >= 0.3 is 0 Å². The maximum atomic E-state index is 5.50. The molecule has 0 saturated heterocycles. The second-order valence-electron chi connectivity index (χ2n) is 1.30. The first-order chi connectivity index (χ1) is 3.84. The molecule has 0 atom stereocenters. The van der Waals surface area contributed by atoms with Crippen LogP contribution in [0.3, 0.4) is 0 Å². The van der Waals surface area contributed by atoms with Gasteiger partial charge in [-0.1, -0.05) is 16.8 Å². The molecule has 0 saturated carbocycles. The van der Waals surface area contributed by atoms with Crippen LogP contribution in [0.1, 0.15) is 5.76 Å². The van der Waals surface area contributed by atoms with Crippen molar-refractivity contribution in [3.05, 3.63) is 17.0 Å². The molecular weight excluding hydrogens is 128 g/mol. The highest BCUT2D eigenvalue weighted by Gasteiger charge is 1.99. The molecule has 44 valence electrons. The normalized spacial score (nSPS) is 9.75. The van der Waals surface area contributed by atoms with Gasteiger partial charge < -0.3 is 10.3 Å². The summed E-state index contributed by atoms with van der Waals surface area (Å²) >= 11 is 5.50. The van der Waals surface area contributed by atoms with E-state index in [1.807, 2.05) is 0 Å². The van der Waals surface area contributed by atoms with Crippen LogP contribution >= 0.6 is 11.6 Å². The van der Waals surface area contributed by atoms with Crippen molar-refractivity contribution in [1.82, 2.24) is 5.16 Å². The molecule has 1 aromatic rings. The van der Waals surface area contributed by atoms with Gasteiger partial charge in [0.15, 0.2) is 5.76 Å². The second-order valence-corrected chi connectivity index (χ2v) is 1.71. The molecule has 2 N–H and O–H groups in total. The molecule has 1 heterocycles. The summed E-state index contributed by atoms with van der Waals surface area (Å²) in [5.41, 5.74) is 5.18. The van der Waals surface area contributed by atoms with Crippen LogP contribution in [0.15, 0.2) is 10.7 Å². The van der Waals surface area contributed by atoms with E-state index >= 15 is 0 Å². The van der Waals surface area contributed by atoms with Gasteiger partial charge in [0.2, 0.25) is 0 Å². The molecule has 1 aromatic heterocycles. The Morgan fingerprint density at radius 3 is 2.88 bits per heavy atom. The predicted molar refractivity (Wildman–Crippen MR) is 29.4 cm³/mol. The fourth-order valence-corrected chi connectivity index (χ4v) is 0.538. The Morgan fingerprint density at radius 2 is 2.62 bits per heavy atom. The fourth-order valence-electron chi connectivity index (χ4n) is 0.387. The summed E-state index contributed by atoms with van der Waals surface area (Å²) < 4.78 is 4.61.